The van der Waals surface area contributed by atoms with E-state index in [9.17, 15) is 19.7 Å². The molecule has 9 nitrogen and oxygen atoms in total. The van der Waals surface area contributed by atoms with E-state index < -0.39 is 22.8 Å². The van der Waals surface area contributed by atoms with E-state index in [2.05, 4.69) is 5.32 Å². The molecule has 30 heavy (non-hydrogen) atoms. The number of nitrogens with zero attached hydrogens (tertiary/aromatic N) is 3. The van der Waals surface area contributed by atoms with Crippen molar-refractivity contribution < 1.29 is 23.8 Å². The number of urea groups is 1. The maximum Gasteiger partial charge on any atom is 0.502 e. The Morgan fingerprint density at radius 2 is 1.90 bits per heavy atom. The van der Waals surface area contributed by atoms with Gasteiger partial charge in [-0.15, -0.1) is 0 Å². The Labute approximate surface area is 172 Å². The van der Waals surface area contributed by atoms with Crippen LogP contribution < -0.4 is 5.32 Å². The zero-order valence-electron chi connectivity index (χ0n) is 16.6. The average molecular weight is 407 g/mol. The third kappa shape index (κ3) is 3.00. The molecule has 0 aromatic heterocycles. The topological polar surface area (TPSA) is 105 Å². The van der Waals surface area contributed by atoms with Crippen LogP contribution in [0.15, 0.2) is 54.4 Å². The van der Waals surface area contributed by atoms with Crippen LogP contribution in [0.2, 0.25) is 0 Å². The predicted molar refractivity (Wildman–Crippen MR) is 109 cm³/mol. The van der Waals surface area contributed by atoms with Gasteiger partial charge in [0.25, 0.3) is 11.6 Å². The lowest BCUT2D eigenvalue weighted by Crippen LogP contribution is -2.51. The second-order valence-corrected chi connectivity index (χ2v) is 7.10. The van der Waals surface area contributed by atoms with Gasteiger partial charge in [0.2, 0.25) is 5.88 Å². The third-order valence-electron chi connectivity index (χ3n) is 5.23. The molecule has 0 radical (unpaired) electrons. The van der Waals surface area contributed by atoms with Crippen LogP contribution in [-0.2, 0) is 9.53 Å². The number of anilines is 1. The molecule has 2 aliphatic rings. The predicted octanol–water partition coefficient (Wildman–Crippen LogP) is 2.96. The molecule has 0 spiro atoms. The fourth-order valence-electron chi connectivity index (χ4n) is 3.58. The van der Waals surface area contributed by atoms with Crippen LogP contribution in [0.5, 0.6) is 0 Å². The lowest BCUT2D eigenvalue weighted by Gasteiger charge is -2.20. The fourth-order valence-corrected chi connectivity index (χ4v) is 3.58. The number of rotatable bonds is 4. The molecule has 0 saturated heterocycles. The molecule has 2 aromatic rings. The number of amides is 3. The summed E-state index contributed by atoms with van der Waals surface area (Å²) in [5.41, 5.74) is 2.49. The van der Waals surface area contributed by atoms with Gasteiger partial charge in [-0.1, -0.05) is 30.3 Å². The molecule has 1 unspecified atom stereocenters. The Bertz CT molecular complexity index is 1170. The molecule has 4 rings (SSSR count). The number of ether oxygens (including phenoxy) is 1. The van der Waals surface area contributed by atoms with Gasteiger partial charge < -0.3 is 10.1 Å². The van der Waals surface area contributed by atoms with E-state index in [4.69, 9.17) is 4.74 Å². The molecule has 152 valence electrons. The van der Waals surface area contributed by atoms with E-state index in [1.807, 2.05) is 31.2 Å². The Hall–Kier alpha value is -4.01. The average Bonchev–Trinajstić information content (AvgIpc) is 3.11. The lowest BCUT2D eigenvalue weighted by molar-refractivity contribution is -0.415. The van der Waals surface area contributed by atoms with Gasteiger partial charge in [-0.3, -0.25) is 10.1 Å². The van der Waals surface area contributed by atoms with Crippen molar-refractivity contribution in [3.05, 3.63) is 75.7 Å². The first-order valence-electron chi connectivity index (χ1n) is 9.21. The number of non-ortho nitro benzene ring substituents is 1. The molecule has 0 bridgehead atoms. The molecule has 0 saturated carbocycles. The first-order chi connectivity index (χ1) is 14.3. The zero-order chi connectivity index (χ0) is 21.6. The van der Waals surface area contributed by atoms with E-state index >= 15 is 0 Å². The highest BCUT2D eigenvalue weighted by Crippen LogP contribution is 2.39. The summed E-state index contributed by atoms with van der Waals surface area (Å²) in [5.74, 6) is -0.934. The first-order valence-corrected chi connectivity index (χ1v) is 9.21. The Kier molecular flexibility index (Phi) is 4.57. The number of nitro benzene ring substituents is 1. The number of imide groups is 1. The number of benzene rings is 2. The largest absolute Gasteiger partial charge is 0.502 e. The smallest absolute Gasteiger partial charge is 0.408 e. The second-order valence-electron chi connectivity index (χ2n) is 7.10. The Morgan fingerprint density at radius 3 is 2.60 bits per heavy atom. The van der Waals surface area contributed by atoms with Crippen molar-refractivity contribution in [2.75, 3.05) is 19.4 Å². The molecule has 2 aliphatic heterocycles. The van der Waals surface area contributed by atoms with Crippen molar-refractivity contribution >= 4 is 34.8 Å². The van der Waals surface area contributed by atoms with Crippen LogP contribution in [0.25, 0.3) is 5.57 Å². The van der Waals surface area contributed by atoms with Crippen LogP contribution in [0, 0.1) is 23.0 Å². The van der Waals surface area contributed by atoms with Gasteiger partial charge in [0.1, 0.15) is 0 Å². The highest BCUT2D eigenvalue weighted by Gasteiger charge is 2.53. The van der Waals surface area contributed by atoms with E-state index in [-0.39, 0.29) is 17.5 Å². The van der Waals surface area contributed by atoms with Crippen molar-refractivity contribution in [1.82, 2.24) is 4.90 Å². The summed E-state index contributed by atoms with van der Waals surface area (Å²) in [6.07, 6.45) is 0. The monoisotopic (exact) mass is 407 g/mol. The number of carbonyl (C=O) groups is 2. The molecule has 1 atom stereocenters. The minimum atomic E-state index is -0.897. The van der Waals surface area contributed by atoms with Gasteiger partial charge in [-0.2, -0.15) is 14.3 Å². The fraction of sp³-hybridized carbons (Fsp3) is 0.190. The van der Waals surface area contributed by atoms with Crippen LogP contribution in [0.1, 0.15) is 11.1 Å². The van der Waals surface area contributed by atoms with Crippen molar-refractivity contribution in [2.24, 2.45) is 5.92 Å². The van der Waals surface area contributed by atoms with Crippen molar-refractivity contribution in [3.63, 3.8) is 0 Å². The summed E-state index contributed by atoms with van der Waals surface area (Å²) in [5, 5.41) is 14.5. The highest BCUT2D eigenvalue weighted by molar-refractivity contribution is 6.18. The molecule has 9 heteroatoms. The molecule has 0 aliphatic carbocycles. The summed E-state index contributed by atoms with van der Waals surface area (Å²) >= 11 is 0. The second kappa shape index (κ2) is 7.11. The molecule has 1 N–H and O–H groups in total. The molecular formula is C21H19N4O5+. The van der Waals surface area contributed by atoms with E-state index in [1.54, 1.807) is 12.1 Å². The maximum absolute atomic E-state index is 13.0. The van der Waals surface area contributed by atoms with E-state index in [1.165, 1.54) is 30.8 Å². The number of carbonyl (C=O) groups excluding carboxylic acids is 2. The quantitative estimate of drug-likeness (QED) is 0.475. The first kappa shape index (κ1) is 19.3. The number of nitro groups is 1. The van der Waals surface area contributed by atoms with Crippen molar-refractivity contribution in [3.8, 4) is 0 Å². The summed E-state index contributed by atoms with van der Waals surface area (Å²) in [7, 11) is 2.92. The standard InChI is InChI=1S/C21H19N4O5/c1-12-7-4-5-10-15(12)22-18-16(13-8-6-9-14(11-13)25(28)29)17-19(26)23(2)21(27)24(3)20(17)30-18/h4-11,17,22H,1-3H3/q+1. The Morgan fingerprint density at radius 1 is 1.17 bits per heavy atom. The van der Waals surface area contributed by atoms with Crippen molar-refractivity contribution in [2.45, 2.75) is 6.92 Å². The normalized spacial score (nSPS) is 18.5. The van der Waals surface area contributed by atoms with E-state index in [0.29, 0.717) is 11.1 Å². The molecule has 2 aromatic carbocycles. The summed E-state index contributed by atoms with van der Waals surface area (Å²) in [6.45, 7) is 1.92. The van der Waals surface area contributed by atoms with Crippen molar-refractivity contribution in [1.29, 1.82) is 0 Å². The number of fused-ring (bicyclic) bond motifs is 1. The summed E-state index contributed by atoms with van der Waals surface area (Å²) in [6, 6.07) is 13.0. The van der Waals surface area contributed by atoms with Gasteiger partial charge in [0.05, 0.1) is 19.0 Å². The Balaban J connectivity index is 1.92. The highest BCUT2D eigenvalue weighted by atomic mass is 16.6. The van der Waals surface area contributed by atoms with Gasteiger partial charge >= 0.3 is 11.9 Å². The number of hydrogen-bond donors (Lipinski definition) is 1. The molecule has 0 fully saturated rings. The van der Waals surface area contributed by atoms with Gasteiger partial charge in [-0.25, -0.2) is 4.79 Å². The lowest BCUT2D eigenvalue weighted by atomic mass is 9.91. The number of nitrogens with one attached hydrogen (secondary N) is 1. The molecule has 2 heterocycles. The van der Waals surface area contributed by atoms with Crippen LogP contribution in [-0.4, -0.2) is 46.3 Å². The van der Waals surface area contributed by atoms with E-state index in [0.717, 1.165) is 16.2 Å². The zero-order valence-corrected chi connectivity index (χ0v) is 16.6. The SMILES string of the molecule is Cc1ccccc1NC1=C(c2cccc([N+](=O)[O-])c2)C2C(=O)N(C)C(=O)[N+](C)=C2O1. The minimum absolute atomic E-state index is 0.107. The minimum Gasteiger partial charge on any atom is -0.408 e. The van der Waals surface area contributed by atoms with Gasteiger partial charge in [-0.05, 0) is 24.1 Å². The van der Waals surface area contributed by atoms with Crippen LogP contribution in [0.4, 0.5) is 16.2 Å². The molecular weight excluding hydrogens is 388 g/mol. The maximum atomic E-state index is 13.0. The van der Waals surface area contributed by atoms with Gasteiger partial charge in [0.15, 0.2) is 5.92 Å². The number of hydrogen-bond acceptors (Lipinski definition) is 6. The van der Waals surface area contributed by atoms with Crippen LogP contribution in [0.3, 0.4) is 0 Å². The molecule has 3 amide bonds. The van der Waals surface area contributed by atoms with Gasteiger partial charge in [0, 0.05) is 23.4 Å². The third-order valence-corrected chi connectivity index (χ3v) is 5.23. The number of aryl methyl sites for hydroxylation is 1. The summed E-state index contributed by atoms with van der Waals surface area (Å²) in [4.78, 5) is 37.2. The summed E-state index contributed by atoms with van der Waals surface area (Å²) < 4.78 is 7.24. The number of para-hydroxylation sites is 1. The van der Waals surface area contributed by atoms with Crippen LogP contribution >= 0.6 is 0 Å².